The van der Waals surface area contributed by atoms with E-state index in [4.69, 9.17) is 0 Å². The Morgan fingerprint density at radius 2 is 2.00 bits per heavy atom. The minimum absolute atomic E-state index is 0.0763. The summed E-state index contributed by atoms with van der Waals surface area (Å²) in [5.41, 5.74) is 1.85. The molecule has 3 nitrogen and oxygen atoms in total. The number of rotatable bonds is 0. The summed E-state index contributed by atoms with van der Waals surface area (Å²) in [5, 5.41) is 10.4. The maximum absolute atomic E-state index is 11.3. The van der Waals surface area contributed by atoms with Gasteiger partial charge in [-0.15, -0.1) is 0 Å². The van der Waals surface area contributed by atoms with Crippen molar-refractivity contribution in [1.82, 2.24) is 4.98 Å². The molecule has 14 heavy (non-hydrogen) atoms. The van der Waals surface area contributed by atoms with Crippen molar-refractivity contribution < 1.29 is 5.11 Å². The van der Waals surface area contributed by atoms with Gasteiger partial charge in [0.15, 0.2) is 0 Å². The van der Waals surface area contributed by atoms with Gasteiger partial charge in [0, 0.05) is 5.39 Å². The molecule has 0 fully saturated rings. The van der Waals surface area contributed by atoms with Gasteiger partial charge in [0.2, 0.25) is 0 Å². The molecule has 1 aromatic carbocycles. The zero-order chi connectivity index (χ0) is 10.3. The highest BCUT2D eigenvalue weighted by molar-refractivity contribution is 5.86. The summed E-state index contributed by atoms with van der Waals surface area (Å²) in [5.74, 6) is 0.0763. The first kappa shape index (κ1) is 8.81. The van der Waals surface area contributed by atoms with Crippen LogP contribution in [0, 0.1) is 13.8 Å². The van der Waals surface area contributed by atoms with E-state index in [9.17, 15) is 9.90 Å². The molecular weight excluding hydrogens is 178 g/mol. The van der Waals surface area contributed by atoms with Crippen molar-refractivity contribution in [3.8, 4) is 5.75 Å². The van der Waals surface area contributed by atoms with Gasteiger partial charge in [0.1, 0.15) is 5.75 Å². The van der Waals surface area contributed by atoms with Gasteiger partial charge in [-0.05, 0) is 26.0 Å². The quantitative estimate of drug-likeness (QED) is 0.664. The summed E-state index contributed by atoms with van der Waals surface area (Å²) in [7, 11) is 0. The maximum Gasteiger partial charge on any atom is 0.255 e. The van der Waals surface area contributed by atoms with E-state index in [1.165, 1.54) is 0 Å². The molecule has 2 N–H and O–H groups in total. The van der Waals surface area contributed by atoms with Crippen LogP contribution in [0.3, 0.4) is 0 Å². The number of H-pyrrole nitrogens is 1. The van der Waals surface area contributed by atoms with Gasteiger partial charge in [-0.1, -0.05) is 11.6 Å². The van der Waals surface area contributed by atoms with Crippen molar-refractivity contribution in [2.75, 3.05) is 0 Å². The molecule has 0 spiro atoms. The van der Waals surface area contributed by atoms with E-state index >= 15 is 0 Å². The van der Waals surface area contributed by atoms with Crippen molar-refractivity contribution in [3.63, 3.8) is 0 Å². The van der Waals surface area contributed by atoms with Crippen molar-refractivity contribution in [1.29, 1.82) is 0 Å². The van der Waals surface area contributed by atoms with E-state index in [-0.39, 0.29) is 11.3 Å². The SMILES string of the molecule is Cc1ccc2[nH]c(=O)c(C)c(O)c2c1. The Morgan fingerprint density at radius 3 is 2.71 bits per heavy atom. The lowest BCUT2D eigenvalue weighted by atomic mass is 10.1. The van der Waals surface area contributed by atoms with Gasteiger partial charge < -0.3 is 10.1 Å². The second-order valence-corrected chi connectivity index (χ2v) is 3.48. The third-order valence-electron chi connectivity index (χ3n) is 2.37. The predicted molar refractivity (Wildman–Crippen MR) is 55.7 cm³/mol. The first-order valence-electron chi connectivity index (χ1n) is 4.42. The molecule has 2 aromatic rings. The topological polar surface area (TPSA) is 53.1 Å². The molecule has 0 bridgehead atoms. The van der Waals surface area contributed by atoms with Crippen LogP contribution >= 0.6 is 0 Å². The van der Waals surface area contributed by atoms with Crippen LogP contribution in [-0.2, 0) is 0 Å². The van der Waals surface area contributed by atoms with Gasteiger partial charge in [-0.25, -0.2) is 0 Å². The van der Waals surface area contributed by atoms with Crippen molar-refractivity contribution >= 4 is 10.9 Å². The van der Waals surface area contributed by atoms with Crippen LogP contribution in [-0.4, -0.2) is 10.1 Å². The zero-order valence-electron chi connectivity index (χ0n) is 8.09. The molecule has 0 atom stereocenters. The van der Waals surface area contributed by atoms with Gasteiger partial charge in [0.25, 0.3) is 5.56 Å². The molecule has 0 saturated carbocycles. The normalized spacial score (nSPS) is 10.7. The highest BCUT2D eigenvalue weighted by Gasteiger charge is 2.06. The number of fused-ring (bicyclic) bond motifs is 1. The number of nitrogens with one attached hydrogen (secondary N) is 1. The number of aromatic hydroxyl groups is 1. The summed E-state index contributed by atoms with van der Waals surface area (Å²) < 4.78 is 0. The zero-order valence-corrected chi connectivity index (χ0v) is 8.09. The molecule has 0 aliphatic carbocycles. The Bertz CT molecular complexity index is 555. The predicted octanol–water partition coefficient (Wildman–Crippen LogP) is 1.85. The second-order valence-electron chi connectivity index (χ2n) is 3.48. The third kappa shape index (κ3) is 1.18. The van der Waals surface area contributed by atoms with Crippen LogP contribution in [0.4, 0.5) is 0 Å². The summed E-state index contributed by atoms with van der Waals surface area (Å²) in [6.07, 6.45) is 0. The smallest absolute Gasteiger partial charge is 0.255 e. The molecule has 72 valence electrons. The van der Waals surface area contributed by atoms with Crippen LogP contribution < -0.4 is 5.56 Å². The Hall–Kier alpha value is -1.77. The summed E-state index contributed by atoms with van der Waals surface area (Å²) in [6, 6.07) is 5.55. The van der Waals surface area contributed by atoms with Crippen LogP contribution in [0.5, 0.6) is 5.75 Å². The molecule has 3 heteroatoms. The summed E-state index contributed by atoms with van der Waals surface area (Å²) in [4.78, 5) is 14.0. The first-order valence-corrected chi connectivity index (χ1v) is 4.42. The summed E-state index contributed by atoms with van der Waals surface area (Å²) >= 11 is 0. The largest absolute Gasteiger partial charge is 0.507 e. The van der Waals surface area contributed by atoms with Gasteiger partial charge in [-0.3, -0.25) is 4.79 Å². The average molecular weight is 189 g/mol. The van der Waals surface area contributed by atoms with E-state index in [0.717, 1.165) is 5.56 Å². The van der Waals surface area contributed by atoms with E-state index in [1.54, 1.807) is 13.0 Å². The van der Waals surface area contributed by atoms with Crippen molar-refractivity contribution in [2.24, 2.45) is 0 Å². The highest BCUT2D eigenvalue weighted by Crippen LogP contribution is 2.24. The number of aromatic amines is 1. The van der Waals surface area contributed by atoms with Crippen molar-refractivity contribution in [2.45, 2.75) is 13.8 Å². The number of hydrogen-bond acceptors (Lipinski definition) is 2. The number of hydrogen-bond donors (Lipinski definition) is 2. The molecule has 2 rings (SSSR count). The fraction of sp³-hybridized carbons (Fsp3) is 0.182. The Balaban J connectivity index is 2.99. The van der Waals surface area contributed by atoms with Gasteiger partial charge >= 0.3 is 0 Å². The average Bonchev–Trinajstić information content (AvgIpc) is 2.16. The number of benzene rings is 1. The second kappa shape index (κ2) is 2.87. The number of aromatic nitrogens is 1. The van der Waals surface area contributed by atoms with Crippen LogP contribution in [0.25, 0.3) is 10.9 Å². The Kier molecular flexibility index (Phi) is 1.81. The monoisotopic (exact) mass is 189 g/mol. The van der Waals surface area contributed by atoms with E-state index in [0.29, 0.717) is 16.5 Å². The minimum Gasteiger partial charge on any atom is -0.507 e. The molecule has 0 aliphatic heterocycles. The first-order chi connectivity index (χ1) is 6.59. The summed E-state index contributed by atoms with van der Waals surface area (Å²) in [6.45, 7) is 3.55. The lowest BCUT2D eigenvalue weighted by molar-refractivity contribution is 0.476. The van der Waals surface area contributed by atoms with Crippen LogP contribution in [0.2, 0.25) is 0 Å². The maximum atomic E-state index is 11.3. The molecular formula is C11H11NO2. The minimum atomic E-state index is -0.237. The highest BCUT2D eigenvalue weighted by atomic mass is 16.3. The van der Waals surface area contributed by atoms with E-state index in [2.05, 4.69) is 4.98 Å². The van der Waals surface area contributed by atoms with E-state index < -0.39 is 0 Å². The lowest BCUT2D eigenvalue weighted by Crippen LogP contribution is -2.09. The van der Waals surface area contributed by atoms with E-state index in [1.807, 2.05) is 19.1 Å². The number of aryl methyl sites for hydroxylation is 1. The third-order valence-corrected chi connectivity index (χ3v) is 2.37. The Morgan fingerprint density at radius 1 is 1.29 bits per heavy atom. The van der Waals surface area contributed by atoms with Gasteiger partial charge in [-0.2, -0.15) is 0 Å². The molecule has 0 saturated heterocycles. The molecule has 0 unspecified atom stereocenters. The van der Waals surface area contributed by atoms with Crippen LogP contribution in [0.15, 0.2) is 23.0 Å². The van der Waals surface area contributed by atoms with Crippen molar-refractivity contribution in [3.05, 3.63) is 39.7 Å². The molecule has 0 amide bonds. The fourth-order valence-electron chi connectivity index (χ4n) is 1.49. The van der Waals surface area contributed by atoms with Crippen LogP contribution in [0.1, 0.15) is 11.1 Å². The standard InChI is InChI=1S/C11H11NO2/c1-6-3-4-9-8(5-6)10(13)7(2)11(14)12-9/h3-5H,1-2H3,(H2,12,13,14). The molecule has 0 radical (unpaired) electrons. The molecule has 1 aromatic heterocycles. The Labute approximate surface area is 81.0 Å². The van der Waals surface area contributed by atoms with Gasteiger partial charge in [0.05, 0.1) is 11.1 Å². The number of pyridine rings is 1. The fourth-order valence-corrected chi connectivity index (χ4v) is 1.49. The lowest BCUT2D eigenvalue weighted by Gasteiger charge is -2.04. The molecule has 0 aliphatic rings. The molecule has 1 heterocycles.